The highest BCUT2D eigenvalue weighted by Crippen LogP contribution is 2.21. The molecule has 0 saturated heterocycles. The molecule has 0 bridgehead atoms. The summed E-state index contributed by atoms with van der Waals surface area (Å²) in [5, 5.41) is 10.1. The highest BCUT2D eigenvalue weighted by atomic mass is 16.3. The van der Waals surface area contributed by atoms with Crippen LogP contribution in [-0.4, -0.2) is 10.1 Å². The summed E-state index contributed by atoms with van der Waals surface area (Å²) in [6.07, 6.45) is 4.81. The maximum atomic E-state index is 10.1. The lowest BCUT2D eigenvalue weighted by Gasteiger charge is -2.13. The van der Waals surface area contributed by atoms with Crippen LogP contribution >= 0.6 is 0 Å². The number of pyridine rings is 1. The van der Waals surface area contributed by atoms with E-state index in [-0.39, 0.29) is 0 Å². The van der Waals surface area contributed by atoms with Gasteiger partial charge in [0, 0.05) is 12.4 Å². The Balaban J connectivity index is 1.99. The molecule has 0 amide bonds. The van der Waals surface area contributed by atoms with E-state index in [0.717, 1.165) is 24.0 Å². The number of hydrogen-bond acceptors (Lipinski definition) is 2. The van der Waals surface area contributed by atoms with Gasteiger partial charge in [-0.2, -0.15) is 0 Å². The fourth-order valence-electron chi connectivity index (χ4n) is 1.97. The average molecular weight is 227 g/mol. The van der Waals surface area contributed by atoms with Gasteiger partial charge < -0.3 is 5.11 Å². The molecule has 0 aliphatic rings. The van der Waals surface area contributed by atoms with Crippen molar-refractivity contribution < 1.29 is 5.11 Å². The number of benzene rings is 1. The summed E-state index contributed by atoms with van der Waals surface area (Å²) < 4.78 is 0. The summed E-state index contributed by atoms with van der Waals surface area (Å²) in [6, 6.07) is 11.9. The van der Waals surface area contributed by atoms with Gasteiger partial charge in [-0.1, -0.05) is 30.3 Å². The van der Waals surface area contributed by atoms with Gasteiger partial charge in [-0.25, -0.2) is 0 Å². The van der Waals surface area contributed by atoms with Gasteiger partial charge in [0.2, 0.25) is 0 Å². The van der Waals surface area contributed by atoms with E-state index < -0.39 is 6.10 Å². The highest BCUT2D eigenvalue weighted by molar-refractivity contribution is 5.27. The number of rotatable bonds is 4. The van der Waals surface area contributed by atoms with Gasteiger partial charge in [0.1, 0.15) is 0 Å². The SMILES string of the molecule is Cc1ccccc1C(O)CCc1cccnc1. The van der Waals surface area contributed by atoms with Gasteiger partial charge in [-0.15, -0.1) is 0 Å². The summed E-state index contributed by atoms with van der Waals surface area (Å²) in [4.78, 5) is 4.07. The van der Waals surface area contributed by atoms with E-state index in [9.17, 15) is 5.11 Å². The molecule has 1 N–H and O–H groups in total. The van der Waals surface area contributed by atoms with Crippen LogP contribution in [-0.2, 0) is 6.42 Å². The van der Waals surface area contributed by atoms with Crippen molar-refractivity contribution in [2.24, 2.45) is 0 Å². The van der Waals surface area contributed by atoms with E-state index in [4.69, 9.17) is 0 Å². The molecule has 1 unspecified atom stereocenters. The van der Waals surface area contributed by atoms with E-state index in [1.54, 1.807) is 6.20 Å². The highest BCUT2D eigenvalue weighted by Gasteiger charge is 2.09. The molecule has 2 heteroatoms. The maximum absolute atomic E-state index is 10.1. The van der Waals surface area contributed by atoms with Gasteiger partial charge in [0.25, 0.3) is 0 Å². The van der Waals surface area contributed by atoms with Crippen LogP contribution in [0, 0.1) is 6.92 Å². The molecule has 88 valence electrons. The number of aromatic nitrogens is 1. The monoisotopic (exact) mass is 227 g/mol. The molecule has 0 radical (unpaired) electrons. The summed E-state index contributed by atoms with van der Waals surface area (Å²) in [6.45, 7) is 2.03. The van der Waals surface area contributed by atoms with Crippen molar-refractivity contribution in [3.63, 3.8) is 0 Å². The number of aryl methyl sites for hydroxylation is 2. The molecule has 0 aliphatic carbocycles. The molecule has 0 fully saturated rings. The molecular formula is C15H17NO. The average Bonchev–Trinajstić information content (AvgIpc) is 2.38. The Morgan fingerprint density at radius 3 is 2.71 bits per heavy atom. The largest absolute Gasteiger partial charge is 0.388 e. The first-order valence-electron chi connectivity index (χ1n) is 5.90. The second-order valence-electron chi connectivity index (χ2n) is 4.27. The minimum absolute atomic E-state index is 0.392. The fourth-order valence-corrected chi connectivity index (χ4v) is 1.97. The Hall–Kier alpha value is -1.67. The Kier molecular flexibility index (Phi) is 3.89. The Morgan fingerprint density at radius 1 is 1.18 bits per heavy atom. The molecular weight excluding hydrogens is 210 g/mol. The zero-order valence-electron chi connectivity index (χ0n) is 10.0. The molecule has 2 nitrogen and oxygen atoms in total. The minimum Gasteiger partial charge on any atom is -0.388 e. The molecule has 1 heterocycles. The summed E-state index contributed by atoms with van der Waals surface area (Å²) in [7, 11) is 0. The molecule has 0 saturated carbocycles. The summed E-state index contributed by atoms with van der Waals surface area (Å²) in [5.74, 6) is 0. The number of aliphatic hydroxyl groups is 1. The van der Waals surface area contributed by atoms with Crippen molar-refractivity contribution in [1.82, 2.24) is 4.98 Å². The molecule has 0 spiro atoms. The van der Waals surface area contributed by atoms with Crippen LogP contribution in [0.3, 0.4) is 0 Å². The number of aliphatic hydroxyl groups excluding tert-OH is 1. The van der Waals surface area contributed by atoms with Gasteiger partial charge in [-0.3, -0.25) is 4.98 Å². The normalized spacial score (nSPS) is 12.4. The lowest BCUT2D eigenvalue weighted by molar-refractivity contribution is 0.167. The van der Waals surface area contributed by atoms with E-state index in [1.807, 2.05) is 49.5 Å². The predicted octanol–water partition coefficient (Wildman–Crippen LogP) is 3.06. The topological polar surface area (TPSA) is 33.1 Å². The molecule has 0 aliphatic heterocycles. The first-order valence-corrected chi connectivity index (χ1v) is 5.90. The second kappa shape index (κ2) is 5.60. The lowest BCUT2D eigenvalue weighted by Crippen LogP contribution is -2.01. The van der Waals surface area contributed by atoms with Crippen LogP contribution in [0.15, 0.2) is 48.8 Å². The third-order valence-corrected chi connectivity index (χ3v) is 2.98. The lowest BCUT2D eigenvalue weighted by atomic mass is 9.98. The van der Waals surface area contributed by atoms with Crippen LogP contribution in [0.5, 0.6) is 0 Å². The van der Waals surface area contributed by atoms with Gasteiger partial charge >= 0.3 is 0 Å². The summed E-state index contributed by atoms with van der Waals surface area (Å²) >= 11 is 0. The smallest absolute Gasteiger partial charge is 0.0795 e. The van der Waals surface area contributed by atoms with Crippen molar-refractivity contribution in [3.05, 3.63) is 65.5 Å². The molecule has 17 heavy (non-hydrogen) atoms. The molecule has 2 aromatic rings. The fraction of sp³-hybridized carbons (Fsp3) is 0.267. The Labute approximate surface area is 102 Å². The van der Waals surface area contributed by atoms with Crippen LogP contribution in [0.2, 0.25) is 0 Å². The van der Waals surface area contributed by atoms with Crippen LogP contribution in [0.25, 0.3) is 0 Å². The van der Waals surface area contributed by atoms with E-state index in [0.29, 0.717) is 0 Å². The molecule has 1 atom stereocenters. The quantitative estimate of drug-likeness (QED) is 0.870. The predicted molar refractivity (Wildman–Crippen MR) is 68.7 cm³/mol. The third-order valence-electron chi connectivity index (χ3n) is 2.98. The first-order chi connectivity index (χ1) is 8.27. The van der Waals surface area contributed by atoms with Crippen molar-refractivity contribution in [2.75, 3.05) is 0 Å². The number of hydrogen-bond donors (Lipinski definition) is 1. The third kappa shape index (κ3) is 3.14. The van der Waals surface area contributed by atoms with E-state index in [1.165, 1.54) is 5.56 Å². The standard InChI is InChI=1S/C15H17NO/c1-12-5-2-3-7-14(12)15(17)9-8-13-6-4-10-16-11-13/h2-7,10-11,15,17H,8-9H2,1H3. The van der Waals surface area contributed by atoms with Crippen molar-refractivity contribution in [2.45, 2.75) is 25.9 Å². The first kappa shape index (κ1) is 11.8. The van der Waals surface area contributed by atoms with Crippen LogP contribution < -0.4 is 0 Å². The van der Waals surface area contributed by atoms with Crippen molar-refractivity contribution in [1.29, 1.82) is 0 Å². The summed E-state index contributed by atoms with van der Waals surface area (Å²) in [5.41, 5.74) is 3.34. The molecule has 1 aromatic carbocycles. The van der Waals surface area contributed by atoms with Crippen LogP contribution in [0.1, 0.15) is 29.2 Å². The molecule has 1 aromatic heterocycles. The van der Waals surface area contributed by atoms with Gasteiger partial charge in [-0.05, 0) is 42.5 Å². The van der Waals surface area contributed by atoms with Crippen molar-refractivity contribution in [3.8, 4) is 0 Å². The molecule has 2 rings (SSSR count). The van der Waals surface area contributed by atoms with E-state index in [2.05, 4.69) is 4.98 Å². The van der Waals surface area contributed by atoms with Gasteiger partial charge in [0.05, 0.1) is 6.10 Å². The Morgan fingerprint density at radius 2 is 2.00 bits per heavy atom. The van der Waals surface area contributed by atoms with Gasteiger partial charge in [0.15, 0.2) is 0 Å². The number of nitrogens with zero attached hydrogens (tertiary/aromatic N) is 1. The van der Waals surface area contributed by atoms with Crippen LogP contribution in [0.4, 0.5) is 0 Å². The second-order valence-corrected chi connectivity index (χ2v) is 4.27. The zero-order valence-corrected chi connectivity index (χ0v) is 10.0. The van der Waals surface area contributed by atoms with E-state index >= 15 is 0 Å². The maximum Gasteiger partial charge on any atom is 0.0795 e. The Bertz CT molecular complexity index is 467. The van der Waals surface area contributed by atoms with Crippen molar-refractivity contribution >= 4 is 0 Å². The minimum atomic E-state index is -0.392. The zero-order chi connectivity index (χ0) is 12.1.